The molecule has 0 bridgehead atoms. The zero-order chi connectivity index (χ0) is 30.9. The maximum Gasteiger partial charge on any atom is 0.303 e. The summed E-state index contributed by atoms with van der Waals surface area (Å²) in [5.41, 5.74) is 4.63. The van der Waals surface area contributed by atoms with E-state index in [-0.39, 0.29) is 49.9 Å². The molecule has 5 rings (SSSR count). The Hall–Kier alpha value is -3.60. The summed E-state index contributed by atoms with van der Waals surface area (Å²) in [5.74, 6) is -1.07. The van der Waals surface area contributed by atoms with Crippen molar-refractivity contribution in [3.63, 3.8) is 0 Å². The number of carboxylic acid groups (broad SMARTS) is 1. The van der Waals surface area contributed by atoms with Gasteiger partial charge in [0.2, 0.25) is 5.91 Å². The molecule has 2 aliphatic rings. The van der Waals surface area contributed by atoms with Gasteiger partial charge in [0.15, 0.2) is 6.29 Å². The second kappa shape index (κ2) is 15.4. The van der Waals surface area contributed by atoms with E-state index in [1.165, 1.54) is 5.56 Å². The Morgan fingerprint density at radius 3 is 2.27 bits per heavy atom. The first-order chi connectivity index (χ1) is 21.4. The number of piperazine rings is 1. The molecule has 0 spiro atoms. The molecule has 9 nitrogen and oxygen atoms in total. The Kier molecular flexibility index (Phi) is 11.1. The van der Waals surface area contributed by atoms with Crippen LogP contribution in [0, 0.1) is 5.92 Å². The third-order valence-corrected chi connectivity index (χ3v) is 8.51. The number of hydrogen-bond donors (Lipinski definition) is 3. The number of aliphatic hydroxyl groups excluding tert-OH is 1. The van der Waals surface area contributed by atoms with Gasteiger partial charge in [0, 0.05) is 69.3 Å². The normalized spacial score (nSPS) is 22.9. The molecule has 2 fully saturated rings. The van der Waals surface area contributed by atoms with Gasteiger partial charge in [-0.1, -0.05) is 73.7 Å². The summed E-state index contributed by atoms with van der Waals surface area (Å²) < 4.78 is 13.3. The second-order valence-electron chi connectivity index (χ2n) is 11.8. The number of aliphatic hydroxyl groups is 1. The monoisotopic (exact) mass is 601 g/mol. The lowest BCUT2D eigenvalue weighted by atomic mass is 9.90. The van der Waals surface area contributed by atoms with Crippen LogP contribution in [0.4, 0.5) is 5.69 Å². The minimum atomic E-state index is -0.912. The molecule has 2 aliphatic heterocycles. The minimum Gasteiger partial charge on any atom is -0.481 e. The molecule has 1 amide bonds. The summed E-state index contributed by atoms with van der Waals surface area (Å²) in [6, 6.07) is 25.9. The number of carbonyl (C=O) groups is 2. The lowest BCUT2D eigenvalue weighted by Crippen LogP contribution is -2.51. The van der Waals surface area contributed by atoms with Crippen molar-refractivity contribution in [1.29, 1.82) is 0 Å². The molecule has 0 aliphatic carbocycles. The first-order valence-corrected chi connectivity index (χ1v) is 15.5. The fraction of sp³-hybridized carbons (Fsp3) is 0.429. The fourth-order valence-electron chi connectivity index (χ4n) is 5.94. The van der Waals surface area contributed by atoms with Gasteiger partial charge in [0.1, 0.15) is 0 Å². The van der Waals surface area contributed by atoms with Gasteiger partial charge in [0.05, 0.1) is 18.8 Å². The molecule has 3 aromatic carbocycles. The van der Waals surface area contributed by atoms with E-state index >= 15 is 0 Å². The average molecular weight is 602 g/mol. The number of ether oxygens (including phenoxy) is 2. The van der Waals surface area contributed by atoms with Gasteiger partial charge in [-0.15, -0.1) is 0 Å². The van der Waals surface area contributed by atoms with Crippen molar-refractivity contribution in [2.45, 2.75) is 57.8 Å². The van der Waals surface area contributed by atoms with Gasteiger partial charge in [-0.3, -0.25) is 19.4 Å². The number of nitrogens with one attached hydrogen (secondary N) is 1. The first-order valence-electron chi connectivity index (χ1n) is 15.5. The van der Waals surface area contributed by atoms with Crippen molar-refractivity contribution < 1.29 is 29.3 Å². The number of aliphatic carboxylic acids is 1. The lowest BCUT2D eigenvalue weighted by molar-refractivity contribution is -0.276. The van der Waals surface area contributed by atoms with Gasteiger partial charge in [0.25, 0.3) is 0 Å². The second-order valence-corrected chi connectivity index (χ2v) is 11.8. The summed E-state index contributed by atoms with van der Waals surface area (Å²) >= 11 is 0. The summed E-state index contributed by atoms with van der Waals surface area (Å²) in [6.45, 7) is 7.82. The third-order valence-electron chi connectivity index (χ3n) is 8.51. The Balaban J connectivity index is 1.27. The number of amides is 1. The van der Waals surface area contributed by atoms with Crippen LogP contribution in [0.15, 0.2) is 78.9 Å². The molecule has 4 atom stereocenters. The quantitative estimate of drug-likeness (QED) is 0.267. The molecule has 9 heteroatoms. The summed E-state index contributed by atoms with van der Waals surface area (Å²) in [6.07, 6.45) is -0.573. The molecule has 44 heavy (non-hydrogen) atoms. The summed E-state index contributed by atoms with van der Waals surface area (Å²) in [5, 5.41) is 21.3. The van der Waals surface area contributed by atoms with E-state index in [1.807, 2.05) is 48.5 Å². The van der Waals surface area contributed by atoms with Crippen LogP contribution in [0.5, 0.6) is 0 Å². The molecule has 234 valence electrons. The van der Waals surface area contributed by atoms with E-state index in [0.717, 1.165) is 56.0 Å². The summed E-state index contributed by atoms with van der Waals surface area (Å²) in [7, 11) is 0. The number of hydrogen-bond acceptors (Lipinski definition) is 7. The molecule has 0 unspecified atom stereocenters. The number of carbonyl (C=O) groups excluding carboxylic acids is 1. The van der Waals surface area contributed by atoms with Crippen LogP contribution in [0.25, 0.3) is 0 Å². The molecule has 2 heterocycles. The van der Waals surface area contributed by atoms with Crippen molar-refractivity contribution in [3.8, 4) is 0 Å². The number of anilines is 1. The number of rotatable bonds is 12. The van der Waals surface area contributed by atoms with Crippen molar-refractivity contribution >= 4 is 17.6 Å². The van der Waals surface area contributed by atoms with Crippen molar-refractivity contribution in [2.75, 3.05) is 38.0 Å². The van der Waals surface area contributed by atoms with Crippen LogP contribution < -0.4 is 5.32 Å². The van der Waals surface area contributed by atoms with Crippen LogP contribution >= 0.6 is 0 Å². The third kappa shape index (κ3) is 8.74. The van der Waals surface area contributed by atoms with E-state index in [2.05, 4.69) is 52.4 Å². The molecule has 3 N–H and O–H groups in total. The Bertz CT molecular complexity index is 1360. The standard InChI is InChI=1S/C35H43N3O6/c1-25-31(23-38-19-17-37(18-20-38)22-26-7-3-2-4-8-26)43-35(44-34(25)28-15-13-27(24-39)14-16-28)29-9-5-10-30(21-29)36-32(40)11-6-12-33(41)42/h2-5,7-10,13-16,21,25,31,34-35,39H,6,11-12,17-20,22-24H2,1H3,(H,36,40)(H,41,42)/t25-,31+,34+,35+/m0/s1. The van der Waals surface area contributed by atoms with Crippen LogP contribution in [0.3, 0.4) is 0 Å². The predicted molar refractivity (Wildman–Crippen MR) is 168 cm³/mol. The van der Waals surface area contributed by atoms with Crippen molar-refractivity contribution in [3.05, 3.63) is 101 Å². The molecule has 0 radical (unpaired) electrons. The maximum atomic E-state index is 12.4. The van der Waals surface area contributed by atoms with Gasteiger partial charge >= 0.3 is 5.97 Å². The molecule has 0 saturated carbocycles. The smallest absolute Gasteiger partial charge is 0.303 e. The maximum absolute atomic E-state index is 12.4. The highest BCUT2D eigenvalue weighted by Crippen LogP contribution is 2.42. The Morgan fingerprint density at radius 1 is 0.841 bits per heavy atom. The minimum absolute atomic E-state index is 0.0131. The highest BCUT2D eigenvalue weighted by molar-refractivity contribution is 5.90. The molecular weight excluding hydrogens is 558 g/mol. The number of carboxylic acids is 1. The molecule has 2 saturated heterocycles. The number of nitrogens with zero attached hydrogens (tertiary/aromatic N) is 2. The van der Waals surface area contributed by atoms with E-state index in [4.69, 9.17) is 14.6 Å². The predicted octanol–water partition coefficient (Wildman–Crippen LogP) is 4.98. The average Bonchev–Trinajstić information content (AvgIpc) is 3.03. The van der Waals surface area contributed by atoms with Gasteiger partial charge in [-0.2, -0.15) is 0 Å². The van der Waals surface area contributed by atoms with Crippen molar-refractivity contribution in [2.24, 2.45) is 5.92 Å². The highest BCUT2D eigenvalue weighted by Gasteiger charge is 2.39. The Morgan fingerprint density at radius 2 is 1.57 bits per heavy atom. The van der Waals surface area contributed by atoms with E-state index in [1.54, 1.807) is 0 Å². The van der Waals surface area contributed by atoms with E-state index in [0.29, 0.717) is 5.69 Å². The largest absolute Gasteiger partial charge is 0.481 e. The fourth-order valence-corrected chi connectivity index (χ4v) is 5.94. The van der Waals surface area contributed by atoms with Crippen LogP contribution in [0.2, 0.25) is 0 Å². The highest BCUT2D eigenvalue weighted by atomic mass is 16.7. The first kappa shape index (κ1) is 31.8. The van der Waals surface area contributed by atoms with E-state index in [9.17, 15) is 14.7 Å². The summed E-state index contributed by atoms with van der Waals surface area (Å²) in [4.78, 5) is 28.2. The molecule has 0 aromatic heterocycles. The van der Waals surface area contributed by atoms with Crippen LogP contribution in [-0.2, 0) is 32.2 Å². The number of benzene rings is 3. The Labute approximate surface area is 259 Å². The zero-order valence-corrected chi connectivity index (χ0v) is 25.3. The van der Waals surface area contributed by atoms with Gasteiger partial charge in [-0.05, 0) is 35.2 Å². The molecule has 3 aromatic rings. The van der Waals surface area contributed by atoms with Crippen LogP contribution in [0.1, 0.15) is 60.8 Å². The lowest BCUT2D eigenvalue weighted by Gasteiger charge is -2.44. The van der Waals surface area contributed by atoms with Crippen molar-refractivity contribution in [1.82, 2.24) is 9.80 Å². The van der Waals surface area contributed by atoms with Gasteiger partial charge < -0.3 is 25.0 Å². The SMILES string of the molecule is C[C@H]1[C@@H](CN2CCN(Cc3ccccc3)CC2)O[C@@H](c2cccc(NC(=O)CCCC(=O)O)c2)O[C@H]1c1ccc(CO)cc1. The van der Waals surface area contributed by atoms with Crippen LogP contribution in [-0.4, -0.2) is 70.7 Å². The topological polar surface area (TPSA) is 112 Å². The molecular formula is C35H43N3O6. The van der Waals surface area contributed by atoms with Gasteiger partial charge in [-0.25, -0.2) is 0 Å². The van der Waals surface area contributed by atoms with E-state index < -0.39 is 12.3 Å². The zero-order valence-electron chi connectivity index (χ0n) is 25.3.